The van der Waals surface area contributed by atoms with Crippen LogP contribution < -0.4 is 4.90 Å². The highest BCUT2D eigenvalue weighted by atomic mass is 32.2. The van der Waals surface area contributed by atoms with Gasteiger partial charge in [0.15, 0.2) is 5.16 Å². The standard InChI is InChI=1S/C18H16N4O3S/c23-17(21-9-3-5-12-4-1-2-6-16(12)21)11-26-18-19-14-8-7-13(22(24)25)10-15(14)20-18/h1-2,4,6-8,10H,3,5,9,11H2,(H,19,20). The molecule has 2 heterocycles. The number of aryl methyl sites for hydroxylation is 1. The van der Waals surface area contributed by atoms with E-state index in [4.69, 9.17) is 0 Å². The second kappa shape index (κ2) is 6.80. The Labute approximate surface area is 153 Å². The fourth-order valence-electron chi connectivity index (χ4n) is 3.16. The van der Waals surface area contributed by atoms with Crippen LogP contribution in [0.15, 0.2) is 47.6 Å². The Morgan fingerprint density at radius 1 is 1.31 bits per heavy atom. The summed E-state index contributed by atoms with van der Waals surface area (Å²) >= 11 is 1.31. The highest BCUT2D eigenvalue weighted by Gasteiger charge is 2.22. The van der Waals surface area contributed by atoms with Crippen molar-refractivity contribution in [3.63, 3.8) is 0 Å². The van der Waals surface area contributed by atoms with Gasteiger partial charge in [-0.2, -0.15) is 0 Å². The van der Waals surface area contributed by atoms with Crippen molar-refractivity contribution < 1.29 is 9.72 Å². The van der Waals surface area contributed by atoms with Crippen LogP contribution in [0.25, 0.3) is 11.0 Å². The van der Waals surface area contributed by atoms with E-state index in [-0.39, 0.29) is 17.3 Å². The molecule has 1 aromatic heterocycles. The zero-order valence-corrected chi connectivity index (χ0v) is 14.7. The lowest BCUT2D eigenvalue weighted by atomic mass is 10.0. The summed E-state index contributed by atoms with van der Waals surface area (Å²) in [6.45, 7) is 0.725. The van der Waals surface area contributed by atoms with Crippen LogP contribution in [0.2, 0.25) is 0 Å². The topological polar surface area (TPSA) is 92.1 Å². The van der Waals surface area contributed by atoms with Gasteiger partial charge in [0.25, 0.3) is 5.69 Å². The van der Waals surface area contributed by atoms with E-state index in [1.807, 2.05) is 23.1 Å². The molecule has 0 saturated heterocycles. The number of imidazole rings is 1. The van der Waals surface area contributed by atoms with E-state index in [0.717, 1.165) is 25.1 Å². The number of anilines is 1. The first-order chi connectivity index (χ1) is 12.6. The van der Waals surface area contributed by atoms with Crippen LogP contribution in [0, 0.1) is 10.1 Å². The van der Waals surface area contributed by atoms with Gasteiger partial charge in [-0.25, -0.2) is 4.98 Å². The molecule has 0 radical (unpaired) electrons. The van der Waals surface area contributed by atoms with Crippen LogP contribution in [0.5, 0.6) is 0 Å². The molecule has 0 saturated carbocycles. The highest BCUT2D eigenvalue weighted by Crippen LogP contribution is 2.28. The molecule has 26 heavy (non-hydrogen) atoms. The monoisotopic (exact) mass is 368 g/mol. The maximum Gasteiger partial charge on any atom is 0.271 e. The largest absolute Gasteiger partial charge is 0.333 e. The molecule has 0 aliphatic carbocycles. The predicted molar refractivity (Wildman–Crippen MR) is 101 cm³/mol. The molecule has 4 rings (SSSR count). The lowest BCUT2D eigenvalue weighted by Crippen LogP contribution is -2.36. The number of fused-ring (bicyclic) bond motifs is 2. The number of aromatic amines is 1. The molecule has 1 aliphatic heterocycles. The van der Waals surface area contributed by atoms with Gasteiger partial charge in [0, 0.05) is 24.4 Å². The number of benzene rings is 2. The zero-order valence-electron chi connectivity index (χ0n) is 13.8. The van der Waals surface area contributed by atoms with Gasteiger partial charge in [-0.05, 0) is 30.5 Å². The smallest absolute Gasteiger partial charge is 0.271 e. The van der Waals surface area contributed by atoms with Gasteiger partial charge < -0.3 is 9.88 Å². The highest BCUT2D eigenvalue weighted by molar-refractivity contribution is 7.99. The molecule has 7 nitrogen and oxygen atoms in total. The Hall–Kier alpha value is -2.87. The number of nitro benzene ring substituents is 1. The Kier molecular flexibility index (Phi) is 4.34. The second-order valence-electron chi connectivity index (χ2n) is 6.07. The molecule has 3 aromatic rings. The number of nitrogens with zero attached hydrogens (tertiary/aromatic N) is 3. The third kappa shape index (κ3) is 3.15. The summed E-state index contributed by atoms with van der Waals surface area (Å²) < 4.78 is 0. The van der Waals surface area contributed by atoms with E-state index >= 15 is 0 Å². The molecule has 0 spiro atoms. The van der Waals surface area contributed by atoms with Crippen LogP contribution in [-0.2, 0) is 11.2 Å². The van der Waals surface area contributed by atoms with E-state index in [9.17, 15) is 14.9 Å². The first kappa shape index (κ1) is 16.6. The number of carbonyl (C=O) groups excluding carboxylic acids is 1. The molecule has 0 unspecified atom stereocenters. The third-order valence-electron chi connectivity index (χ3n) is 4.40. The Morgan fingerprint density at radius 2 is 2.15 bits per heavy atom. The summed E-state index contributed by atoms with van der Waals surface area (Å²) in [7, 11) is 0. The summed E-state index contributed by atoms with van der Waals surface area (Å²) in [6, 6.07) is 12.5. The van der Waals surface area contributed by atoms with Gasteiger partial charge in [-0.15, -0.1) is 0 Å². The fraction of sp³-hybridized carbons (Fsp3) is 0.222. The van der Waals surface area contributed by atoms with Crippen molar-refractivity contribution in [2.75, 3.05) is 17.2 Å². The quantitative estimate of drug-likeness (QED) is 0.432. The van der Waals surface area contributed by atoms with Gasteiger partial charge >= 0.3 is 0 Å². The molecule has 132 valence electrons. The summed E-state index contributed by atoms with van der Waals surface area (Å²) in [6.07, 6.45) is 1.96. The zero-order chi connectivity index (χ0) is 18.1. The van der Waals surface area contributed by atoms with Crippen LogP contribution in [0.4, 0.5) is 11.4 Å². The normalized spacial score (nSPS) is 13.6. The number of amides is 1. The Bertz CT molecular complexity index is 1000. The molecule has 1 amide bonds. The van der Waals surface area contributed by atoms with Gasteiger partial charge in [-0.3, -0.25) is 14.9 Å². The van der Waals surface area contributed by atoms with Gasteiger partial charge in [0.2, 0.25) is 5.91 Å². The summed E-state index contributed by atoms with van der Waals surface area (Å²) in [5.74, 6) is 0.296. The van der Waals surface area contributed by atoms with Crippen molar-refractivity contribution in [3.8, 4) is 0 Å². The van der Waals surface area contributed by atoms with Gasteiger partial charge in [0.05, 0.1) is 21.7 Å². The van der Waals surface area contributed by atoms with Crippen molar-refractivity contribution in [1.82, 2.24) is 9.97 Å². The number of hydrogen-bond acceptors (Lipinski definition) is 5. The van der Waals surface area contributed by atoms with E-state index in [1.54, 1.807) is 6.07 Å². The number of hydrogen-bond donors (Lipinski definition) is 1. The number of carbonyl (C=O) groups is 1. The molecule has 1 N–H and O–H groups in total. The van der Waals surface area contributed by atoms with Crippen molar-refractivity contribution in [1.29, 1.82) is 0 Å². The van der Waals surface area contributed by atoms with Crippen LogP contribution >= 0.6 is 11.8 Å². The van der Waals surface area contributed by atoms with Crippen LogP contribution in [0.1, 0.15) is 12.0 Å². The Balaban J connectivity index is 1.48. The summed E-state index contributed by atoms with van der Waals surface area (Å²) in [5.41, 5.74) is 3.45. The second-order valence-corrected chi connectivity index (χ2v) is 7.03. The van der Waals surface area contributed by atoms with E-state index in [1.165, 1.54) is 29.5 Å². The van der Waals surface area contributed by atoms with Crippen molar-refractivity contribution >= 4 is 40.1 Å². The number of nitrogens with one attached hydrogen (secondary N) is 1. The molecule has 8 heteroatoms. The number of para-hydroxylation sites is 1. The molecule has 0 bridgehead atoms. The first-order valence-corrected chi connectivity index (χ1v) is 9.25. The molecular formula is C18H16N4O3S. The number of thioether (sulfide) groups is 1. The number of rotatable bonds is 4. The third-order valence-corrected chi connectivity index (χ3v) is 5.26. The summed E-state index contributed by atoms with van der Waals surface area (Å²) in [4.78, 5) is 32.4. The van der Waals surface area contributed by atoms with Crippen molar-refractivity contribution in [2.24, 2.45) is 0 Å². The molecule has 0 fully saturated rings. The van der Waals surface area contributed by atoms with Crippen molar-refractivity contribution in [2.45, 2.75) is 18.0 Å². The van der Waals surface area contributed by atoms with E-state index in [2.05, 4.69) is 16.0 Å². The number of nitro groups is 1. The minimum absolute atomic E-state index is 0.0127. The van der Waals surface area contributed by atoms with E-state index in [0.29, 0.717) is 16.2 Å². The minimum atomic E-state index is -0.440. The van der Waals surface area contributed by atoms with Gasteiger partial charge in [-0.1, -0.05) is 30.0 Å². The minimum Gasteiger partial charge on any atom is -0.333 e. The first-order valence-electron chi connectivity index (χ1n) is 8.27. The van der Waals surface area contributed by atoms with Crippen molar-refractivity contribution in [3.05, 3.63) is 58.1 Å². The lowest BCUT2D eigenvalue weighted by Gasteiger charge is -2.29. The lowest BCUT2D eigenvalue weighted by molar-refractivity contribution is -0.384. The van der Waals surface area contributed by atoms with Gasteiger partial charge in [0.1, 0.15) is 0 Å². The number of H-pyrrole nitrogens is 1. The van der Waals surface area contributed by atoms with Crippen LogP contribution in [-0.4, -0.2) is 33.1 Å². The number of non-ortho nitro benzene ring substituents is 1. The molecule has 2 aromatic carbocycles. The SMILES string of the molecule is O=C(CSc1nc2ccc([N+](=O)[O-])cc2[nH]1)N1CCCc2ccccc21. The average Bonchev–Trinajstić information content (AvgIpc) is 3.07. The fourth-order valence-corrected chi connectivity index (χ4v) is 3.92. The predicted octanol–water partition coefficient (Wildman–Crippen LogP) is 3.54. The number of aromatic nitrogens is 2. The molecule has 1 aliphatic rings. The van der Waals surface area contributed by atoms with Crippen LogP contribution in [0.3, 0.4) is 0 Å². The average molecular weight is 368 g/mol. The Morgan fingerprint density at radius 3 is 3.00 bits per heavy atom. The van der Waals surface area contributed by atoms with E-state index < -0.39 is 4.92 Å². The maximum atomic E-state index is 12.7. The maximum absolute atomic E-state index is 12.7. The molecular weight excluding hydrogens is 352 g/mol. The molecule has 0 atom stereocenters. The summed E-state index contributed by atoms with van der Waals surface area (Å²) in [5, 5.41) is 11.4.